The second-order valence-electron chi connectivity index (χ2n) is 16.9. The lowest BCUT2D eigenvalue weighted by molar-refractivity contribution is 1.18. The first-order chi connectivity index (χ1) is 32.7. The van der Waals surface area contributed by atoms with Crippen molar-refractivity contribution in [3.05, 3.63) is 267 Å². The fourth-order valence-electron chi connectivity index (χ4n) is 9.89. The molecule has 0 N–H and O–H groups in total. The average Bonchev–Trinajstić information content (AvgIpc) is 3.73. The molecule has 2 nitrogen and oxygen atoms in total. The zero-order valence-electron chi connectivity index (χ0n) is 36.3. The van der Waals surface area contributed by atoms with Gasteiger partial charge in [0.25, 0.3) is 0 Å². The van der Waals surface area contributed by atoms with Gasteiger partial charge < -0.3 is 9.47 Å². The first kappa shape index (κ1) is 38.9. The number of aromatic nitrogens is 1. The van der Waals surface area contributed by atoms with E-state index in [9.17, 15) is 0 Å². The molecule has 0 atom stereocenters. The highest BCUT2D eigenvalue weighted by Crippen LogP contribution is 2.44. The summed E-state index contributed by atoms with van der Waals surface area (Å²) in [5.74, 6) is 0. The third kappa shape index (κ3) is 7.02. The molecule has 0 amide bonds. The predicted molar refractivity (Wildman–Crippen MR) is 280 cm³/mol. The summed E-state index contributed by atoms with van der Waals surface area (Å²) < 4.78 is 2.44. The Balaban J connectivity index is 0.998. The highest BCUT2D eigenvalue weighted by atomic mass is 15.1. The number of anilines is 3. The highest BCUT2D eigenvalue weighted by Gasteiger charge is 2.20. The first-order valence-electron chi connectivity index (χ1n) is 22.7. The fourth-order valence-corrected chi connectivity index (χ4v) is 9.89. The van der Waals surface area contributed by atoms with Crippen molar-refractivity contribution in [2.45, 2.75) is 0 Å². The molecule has 0 fully saturated rings. The van der Waals surface area contributed by atoms with Crippen LogP contribution in [0.2, 0.25) is 0 Å². The number of benzene rings is 11. The molecule has 1 heterocycles. The van der Waals surface area contributed by atoms with Crippen molar-refractivity contribution >= 4 is 49.6 Å². The van der Waals surface area contributed by atoms with Gasteiger partial charge in [-0.05, 0) is 115 Å². The largest absolute Gasteiger partial charge is 0.310 e. The van der Waals surface area contributed by atoms with Crippen molar-refractivity contribution in [1.82, 2.24) is 4.57 Å². The molecule has 12 aromatic rings. The number of nitrogens with zero attached hydrogens (tertiary/aromatic N) is 2. The second-order valence-corrected chi connectivity index (χ2v) is 16.9. The molecule has 310 valence electrons. The van der Waals surface area contributed by atoms with Gasteiger partial charge in [-0.2, -0.15) is 0 Å². The molecule has 2 heteroatoms. The van der Waals surface area contributed by atoms with Crippen molar-refractivity contribution in [2.75, 3.05) is 4.90 Å². The van der Waals surface area contributed by atoms with E-state index in [2.05, 4.69) is 276 Å². The monoisotopic (exact) mass is 840 g/mol. The van der Waals surface area contributed by atoms with Crippen LogP contribution in [-0.2, 0) is 0 Å². The smallest absolute Gasteiger partial charge is 0.0546 e. The Morgan fingerprint density at radius 1 is 0.258 bits per heavy atom. The van der Waals surface area contributed by atoms with E-state index < -0.39 is 0 Å². The van der Waals surface area contributed by atoms with E-state index in [1.807, 2.05) is 0 Å². The zero-order chi connectivity index (χ0) is 43.8. The summed E-state index contributed by atoms with van der Waals surface area (Å²) >= 11 is 0. The van der Waals surface area contributed by atoms with Gasteiger partial charge in [-0.25, -0.2) is 0 Å². The van der Waals surface area contributed by atoms with Crippen LogP contribution in [0.15, 0.2) is 267 Å². The Morgan fingerprint density at radius 3 is 1.39 bits per heavy atom. The van der Waals surface area contributed by atoms with E-state index in [4.69, 9.17) is 0 Å². The van der Waals surface area contributed by atoms with Crippen LogP contribution >= 0.6 is 0 Å². The van der Waals surface area contributed by atoms with Crippen LogP contribution in [0.1, 0.15) is 0 Å². The van der Waals surface area contributed by atoms with Crippen LogP contribution in [0.3, 0.4) is 0 Å². The number of rotatable bonds is 9. The zero-order valence-corrected chi connectivity index (χ0v) is 36.3. The minimum absolute atomic E-state index is 1.07. The van der Waals surface area contributed by atoms with Crippen molar-refractivity contribution in [3.63, 3.8) is 0 Å². The molecule has 0 aliphatic rings. The van der Waals surface area contributed by atoms with E-state index in [-0.39, 0.29) is 0 Å². The number of hydrogen-bond acceptors (Lipinski definition) is 1. The molecule has 0 aliphatic carbocycles. The Hall–Kier alpha value is -8.72. The minimum Gasteiger partial charge on any atom is -0.310 e. The normalized spacial score (nSPS) is 11.3. The second kappa shape index (κ2) is 16.8. The lowest BCUT2D eigenvalue weighted by atomic mass is 9.92. The van der Waals surface area contributed by atoms with Gasteiger partial charge in [0.05, 0.1) is 16.7 Å². The molecule has 0 saturated carbocycles. The van der Waals surface area contributed by atoms with Crippen LogP contribution in [0.5, 0.6) is 0 Å². The van der Waals surface area contributed by atoms with Gasteiger partial charge in [0.15, 0.2) is 0 Å². The van der Waals surface area contributed by atoms with Crippen LogP contribution in [0, 0.1) is 0 Å². The molecular weight excluding hydrogens is 797 g/mol. The summed E-state index contributed by atoms with van der Waals surface area (Å²) in [4.78, 5) is 2.40. The van der Waals surface area contributed by atoms with Gasteiger partial charge in [0.2, 0.25) is 0 Å². The summed E-state index contributed by atoms with van der Waals surface area (Å²) in [6.45, 7) is 0. The maximum atomic E-state index is 2.44. The van der Waals surface area contributed by atoms with E-state index in [1.54, 1.807) is 0 Å². The summed E-state index contributed by atoms with van der Waals surface area (Å²) in [6.07, 6.45) is 0. The molecule has 0 spiro atoms. The molecule has 12 rings (SSSR count). The molecule has 0 saturated heterocycles. The average molecular weight is 841 g/mol. The first-order valence-corrected chi connectivity index (χ1v) is 22.7. The van der Waals surface area contributed by atoms with Crippen LogP contribution < -0.4 is 4.90 Å². The number of para-hydroxylation sites is 2. The van der Waals surface area contributed by atoms with E-state index in [1.165, 1.54) is 77.1 Å². The summed E-state index contributed by atoms with van der Waals surface area (Å²) in [5, 5.41) is 4.97. The number of fused-ring (bicyclic) bond motifs is 4. The quantitative estimate of drug-likeness (QED) is 0.141. The SMILES string of the molecule is c1ccc(-c2ccc(-c3cccc(N(c4ccc(-c5cccc(-n6c7ccccc7c7ccccc76)c5-c5ccccc5)cc4)c4cccc(-c5cccc6ccccc56)c4)c3)cc2)cc1. The summed E-state index contributed by atoms with van der Waals surface area (Å²) in [5.41, 5.74) is 18.6. The van der Waals surface area contributed by atoms with Crippen LogP contribution in [-0.4, -0.2) is 4.57 Å². The Kier molecular flexibility index (Phi) is 9.89. The molecule has 0 aliphatic heterocycles. The standard InChI is InChI=1S/C64H44N2/c1-3-17-45(18-4-1)46-35-37-47(38-36-46)51-23-13-25-54(43-51)65(55-26-14-24-52(44-55)57-30-15-22-48-19-7-8-27-56(48)57)53-41-39-49(40-42-53)58-31-16-34-63(64(58)50-20-5-2-6-21-50)66-61-32-11-9-28-59(61)60-29-10-12-33-62(60)66/h1-44H. The van der Waals surface area contributed by atoms with Gasteiger partial charge >= 0.3 is 0 Å². The van der Waals surface area contributed by atoms with Gasteiger partial charge in [-0.15, -0.1) is 0 Å². The maximum absolute atomic E-state index is 2.44. The van der Waals surface area contributed by atoms with Crippen molar-refractivity contribution < 1.29 is 0 Å². The highest BCUT2D eigenvalue weighted by molar-refractivity contribution is 6.10. The van der Waals surface area contributed by atoms with Crippen LogP contribution in [0.25, 0.3) is 93.9 Å². The van der Waals surface area contributed by atoms with Crippen molar-refractivity contribution in [2.24, 2.45) is 0 Å². The molecule has 0 bridgehead atoms. The third-order valence-corrected chi connectivity index (χ3v) is 13.0. The van der Waals surface area contributed by atoms with Gasteiger partial charge in [-0.3, -0.25) is 0 Å². The molecule has 0 unspecified atom stereocenters. The Labute approximate surface area is 385 Å². The molecule has 66 heavy (non-hydrogen) atoms. The topological polar surface area (TPSA) is 8.17 Å². The lowest BCUT2D eigenvalue weighted by Gasteiger charge is -2.27. The summed E-state index contributed by atoms with van der Waals surface area (Å²) in [7, 11) is 0. The van der Waals surface area contributed by atoms with E-state index >= 15 is 0 Å². The molecule has 11 aromatic carbocycles. The maximum Gasteiger partial charge on any atom is 0.0546 e. The fraction of sp³-hybridized carbons (Fsp3) is 0. The molecular formula is C64H44N2. The van der Waals surface area contributed by atoms with Crippen molar-refractivity contribution in [1.29, 1.82) is 0 Å². The lowest BCUT2D eigenvalue weighted by Crippen LogP contribution is -2.10. The van der Waals surface area contributed by atoms with Gasteiger partial charge in [0.1, 0.15) is 0 Å². The third-order valence-electron chi connectivity index (χ3n) is 13.0. The van der Waals surface area contributed by atoms with Crippen molar-refractivity contribution in [3.8, 4) is 61.3 Å². The predicted octanol–water partition coefficient (Wildman–Crippen LogP) is 17.7. The Morgan fingerprint density at radius 2 is 0.712 bits per heavy atom. The number of hydrogen-bond donors (Lipinski definition) is 0. The summed E-state index contributed by atoms with van der Waals surface area (Å²) in [6, 6.07) is 96.9. The van der Waals surface area contributed by atoms with Gasteiger partial charge in [0, 0.05) is 33.4 Å². The minimum atomic E-state index is 1.07. The molecule has 1 aromatic heterocycles. The van der Waals surface area contributed by atoms with Crippen LogP contribution in [0.4, 0.5) is 17.1 Å². The van der Waals surface area contributed by atoms with Gasteiger partial charge in [-0.1, -0.05) is 212 Å². The van der Waals surface area contributed by atoms with E-state index in [0.717, 1.165) is 33.9 Å². The van der Waals surface area contributed by atoms with E-state index in [0.29, 0.717) is 0 Å². The Bertz CT molecular complexity index is 3620. The molecule has 0 radical (unpaired) electrons.